The number of hydroxylamine groups is 2. The summed E-state index contributed by atoms with van der Waals surface area (Å²) in [7, 11) is 2.57. The summed E-state index contributed by atoms with van der Waals surface area (Å²) in [5.74, 6) is -17.2. The smallest absolute Gasteiger partial charge is 0.330 e. The van der Waals surface area contributed by atoms with Gasteiger partial charge in [0.2, 0.25) is 59.3 Å². The Morgan fingerprint density at radius 2 is 1.23 bits per heavy atom. The molecule has 12 rings (SSSR count). The molecule has 2 fully saturated rings. The third kappa shape index (κ3) is 20.2. The number of aromatic hydroxyl groups is 3. The predicted molar refractivity (Wildman–Crippen MR) is 402 cm³/mol. The number of aliphatic hydroxyl groups excluding tert-OH is 8. The molecule has 7 aliphatic rings. The van der Waals surface area contributed by atoms with E-state index in [1.54, 1.807) is 13.8 Å². The Bertz CT molecular complexity index is 4430. The Labute approximate surface area is 667 Å². The number of phenols is 3. The summed E-state index contributed by atoms with van der Waals surface area (Å²) in [6, 6.07) is -2.84. The molecule has 5 aromatic carbocycles. The van der Waals surface area contributed by atoms with Gasteiger partial charge in [0.15, 0.2) is 23.8 Å². The van der Waals surface area contributed by atoms with E-state index in [2.05, 4.69) is 49.5 Å². The van der Waals surface area contributed by atoms with E-state index in [0.29, 0.717) is 12.8 Å². The first-order valence-corrected chi connectivity index (χ1v) is 37.9. The van der Waals surface area contributed by atoms with Crippen molar-refractivity contribution >= 4 is 76.4 Å². The maximum absolute atomic E-state index is 16.1. The SMILES string of the molecule is CCCCCCCCCC(=O)N[C@@H]1[C@@H](O)[C@H](O)[C@@H](CO)O[C@H]1N(C[C@H]1O[C@@H](Oc2c3cc4cc2Oc2ccc(cc2Cl)[C@@H](O)[C@@H](NC(=O)[C@@H](CC(C)C)NC)C(=O)N[C@@H](CC(N)=O)C(=O)N[C@H]4C(=O)N[C@H]2C(=O)N[C@H](C(=O)N[C@H](C(=O)O)c4cc(O)cc(O)c4-c4cc2ccc4O)[C@H](O)c2ccc(c(Cl)c2)O3)[C@H](O)[C@@H](O)[C@@H]1O)OC. The molecule has 0 aromatic heterocycles. The number of carbonyl (C=O) groups is 9. The van der Waals surface area contributed by atoms with Crippen molar-refractivity contribution in [2.45, 2.75) is 201 Å². The summed E-state index contributed by atoms with van der Waals surface area (Å²) < 4.78 is 32.2. The number of halogens is 2. The molecule has 0 saturated carbocycles. The number of benzene rings is 5. The van der Waals surface area contributed by atoms with Crippen LogP contribution in [-0.4, -0.2) is 232 Å². The molecule has 0 unspecified atom stereocenters. The zero-order chi connectivity index (χ0) is 83.7. The Hall–Kier alpha value is -9.81. The minimum atomic E-state index is -2.40. The highest BCUT2D eigenvalue weighted by Gasteiger charge is 2.52. The lowest BCUT2D eigenvalue weighted by Gasteiger charge is -2.47. The number of rotatable bonds is 24. The highest BCUT2D eigenvalue weighted by molar-refractivity contribution is 6.32. The molecule has 8 amide bonds. The van der Waals surface area contributed by atoms with Gasteiger partial charge in [-0.05, 0) is 103 Å². The van der Waals surface area contributed by atoms with E-state index in [4.69, 9.17) is 57.5 Å². The molecule has 5 aromatic rings. The minimum Gasteiger partial charge on any atom is -0.508 e. The average Bonchev–Trinajstić information content (AvgIpc) is 0.795. The van der Waals surface area contributed by atoms with Gasteiger partial charge in [-0.3, -0.25) is 43.2 Å². The monoisotopic (exact) mass is 1650 g/mol. The van der Waals surface area contributed by atoms with E-state index >= 15 is 14.4 Å². The standard InChI is InChI=1S/C76H94Cl2N10O27/c1-6-7-8-9-10-11-12-13-52(94)82-59-64(99)63(98)50(30-89)113-74(59)88(110-5)29-49-62(97)65(100)66(101)76(114-49)115-67-47-24-35-25-48(67)112-46-19-16-34(23-40(46)78)61(96)58-73(107)85-56(75(108)109)38-26-36(90)27-44(92)53(38)37-21-32(14-17-43(37)91)54(70(104)87-58)84-71(105)55(35)83-69(103)42(28-51(79)93)81-72(106)57(86-68(102)41(80-4)20-31(2)3)60(95)33-15-18-45(111-47)39(77)22-33/h14-19,21-27,31,41-42,49-50,54-66,74,76,80,89-92,95-101H,6-13,20,28-30H2,1-5H3,(H2,79,93)(H,81,106)(H,82,94)(H,83,103)(H,84,105)(H,85,107)(H,86,102)(H,87,104)(H,108,109)/t41-,42+,49-,50-,54-,55-,56+,57-,58+,59-,60-,61-,62-,63-,64-,65+,66-,74-,76+/m1/s1. The van der Waals surface area contributed by atoms with E-state index in [1.165, 1.54) is 13.1 Å². The zero-order valence-electron chi connectivity index (χ0n) is 62.8. The van der Waals surface area contributed by atoms with Crippen LogP contribution in [0, 0.1) is 5.92 Å². The second-order valence-corrected chi connectivity index (χ2v) is 29.8. The van der Waals surface area contributed by atoms with Crippen molar-refractivity contribution in [2.75, 3.05) is 27.3 Å². The van der Waals surface area contributed by atoms with Crippen LogP contribution in [0.2, 0.25) is 10.0 Å². The van der Waals surface area contributed by atoms with Gasteiger partial charge in [-0.25, -0.2) is 4.79 Å². The third-order valence-electron chi connectivity index (χ3n) is 20.3. The summed E-state index contributed by atoms with van der Waals surface area (Å²) in [5.41, 5.74) is 2.70. The molecule has 2 saturated heterocycles. The maximum atomic E-state index is 16.1. The van der Waals surface area contributed by atoms with Crippen LogP contribution in [-0.2, 0) is 57.5 Å². The first-order chi connectivity index (χ1) is 54.6. The van der Waals surface area contributed by atoms with Gasteiger partial charge in [0, 0.05) is 29.2 Å². The maximum Gasteiger partial charge on any atom is 0.330 e. The number of carboxylic acids is 1. The number of aliphatic hydroxyl groups is 8. The van der Waals surface area contributed by atoms with Gasteiger partial charge in [0.1, 0.15) is 114 Å². The van der Waals surface area contributed by atoms with Crippen molar-refractivity contribution in [3.63, 3.8) is 0 Å². The highest BCUT2D eigenvalue weighted by Crippen LogP contribution is 2.50. The molecular formula is C76H94Cl2N10O27. The number of fused-ring (bicyclic) bond motifs is 15. The van der Waals surface area contributed by atoms with Gasteiger partial charge >= 0.3 is 5.97 Å². The number of phenolic OH excluding ortho intramolecular Hbond substituents is 3. The fourth-order valence-corrected chi connectivity index (χ4v) is 14.6. The summed E-state index contributed by atoms with van der Waals surface area (Å²) >= 11 is 14.2. The number of ether oxygens (including phenoxy) is 5. The Kier molecular flexibility index (Phi) is 29.2. The lowest BCUT2D eigenvalue weighted by atomic mass is 9.89. The number of primary amides is 1. The quantitative estimate of drug-likeness (QED) is 0.0300. The van der Waals surface area contributed by atoms with Crippen molar-refractivity contribution in [2.24, 2.45) is 11.7 Å². The lowest BCUT2D eigenvalue weighted by molar-refractivity contribution is -0.329. The van der Waals surface area contributed by atoms with Crippen LogP contribution in [0.5, 0.6) is 46.0 Å². The summed E-state index contributed by atoms with van der Waals surface area (Å²) in [6.07, 6.45) is -16.8. The Morgan fingerprint density at radius 3 is 1.83 bits per heavy atom. The average molecular weight is 1650 g/mol. The first kappa shape index (κ1) is 87.6. The molecule has 11 bridgehead atoms. The summed E-state index contributed by atoms with van der Waals surface area (Å²) in [6.45, 7) is 4.08. The van der Waals surface area contributed by atoms with Gasteiger partial charge in [-0.2, -0.15) is 5.06 Å². The fraction of sp³-hybridized carbons (Fsp3) is 0.487. The Morgan fingerprint density at radius 1 is 0.626 bits per heavy atom. The second kappa shape index (κ2) is 38.3. The highest BCUT2D eigenvalue weighted by atomic mass is 35.5. The number of unbranched alkanes of at least 4 members (excludes halogenated alkanes) is 6. The van der Waals surface area contributed by atoms with Crippen LogP contribution >= 0.6 is 23.2 Å². The number of hydrogen-bond donors (Lipinski definition) is 21. The summed E-state index contributed by atoms with van der Waals surface area (Å²) in [5, 5.41) is 158. The van der Waals surface area contributed by atoms with Crippen LogP contribution in [0.4, 0.5) is 0 Å². The predicted octanol–water partition coefficient (Wildman–Crippen LogP) is 0.804. The molecule has 37 nitrogen and oxygen atoms in total. The largest absolute Gasteiger partial charge is 0.508 e. The lowest BCUT2D eigenvalue weighted by Crippen LogP contribution is -2.69. The number of nitrogens with zero attached hydrogens (tertiary/aromatic N) is 1. The van der Waals surface area contributed by atoms with Gasteiger partial charge in [0.25, 0.3) is 0 Å². The number of carbonyl (C=O) groups excluding carboxylic acids is 8. The molecule has 39 heteroatoms. The molecule has 7 heterocycles. The fourth-order valence-electron chi connectivity index (χ4n) is 14.2. The number of amides is 8. The second-order valence-electron chi connectivity index (χ2n) is 29.0. The molecule has 115 heavy (non-hydrogen) atoms. The van der Waals surface area contributed by atoms with Crippen molar-refractivity contribution < 1.29 is 133 Å². The van der Waals surface area contributed by atoms with Crippen LogP contribution in [0.1, 0.15) is 143 Å². The number of nitrogens with two attached hydrogens (primary N) is 1. The third-order valence-corrected chi connectivity index (χ3v) is 20.9. The van der Waals surface area contributed by atoms with Crippen LogP contribution in [0.3, 0.4) is 0 Å². The number of aliphatic carboxylic acids is 1. The van der Waals surface area contributed by atoms with Gasteiger partial charge in [0.05, 0.1) is 48.8 Å². The molecule has 0 spiro atoms. The van der Waals surface area contributed by atoms with E-state index in [9.17, 15) is 90.0 Å². The number of hydrogen-bond acceptors (Lipinski definition) is 28. The van der Waals surface area contributed by atoms with Gasteiger partial charge in [-0.1, -0.05) is 101 Å². The molecule has 624 valence electrons. The van der Waals surface area contributed by atoms with E-state index in [0.717, 1.165) is 117 Å². The molecule has 7 aliphatic heterocycles. The van der Waals surface area contributed by atoms with Crippen LogP contribution in [0.15, 0.2) is 78.9 Å². The Balaban J connectivity index is 1.16. The topological polar surface area (TPSA) is 577 Å². The van der Waals surface area contributed by atoms with Crippen molar-refractivity contribution in [3.8, 4) is 57.1 Å². The van der Waals surface area contributed by atoms with Gasteiger partial charge < -0.3 is 133 Å². The molecular weight excluding hydrogens is 1560 g/mol. The van der Waals surface area contributed by atoms with Crippen molar-refractivity contribution in [1.29, 1.82) is 0 Å². The van der Waals surface area contributed by atoms with Crippen molar-refractivity contribution in [3.05, 3.63) is 117 Å². The molecule has 22 N–H and O–H groups in total. The van der Waals surface area contributed by atoms with Crippen LogP contribution < -0.4 is 62.5 Å². The molecule has 0 aliphatic carbocycles. The summed E-state index contributed by atoms with van der Waals surface area (Å²) in [4.78, 5) is 137. The van der Waals surface area contributed by atoms with E-state index in [-0.39, 0.29) is 35.4 Å². The van der Waals surface area contributed by atoms with E-state index in [1.807, 2.05) is 0 Å². The number of carboxylic acid groups (broad SMARTS) is 1. The number of nitrogens with one attached hydrogen (secondary N) is 8. The zero-order valence-corrected chi connectivity index (χ0v) is 64.3. The molecule has 19 atom stereocenters. The minimum absolute atomic E-state index is 0.0160. The van der Waals surface area contributed by atoms with E-state index < -0.39 is 267 Å². The van der Waals surface area contributed by atoms with Gasteiger partial charge in [-0.15, -0.1) is 0 Å². The normalized spacial score (nSPS) is 27.3. The molecule has 0 radical (unpaired) electrons. The van der Waals surface area contributed by atoms with Crippen LogP contribution in [0.25, 0.3) is 11.1 Å². The van der Waals surface area contributed by atoms with Crippen molar-refractivity contribution in [1.82, 2.24) is 47.6 Å². The number of likely N-dealkylation sites (N-methyl/N-ethyl adjacent to an activating group) is 1. The first-order valence-electron chi connectivity index (χ1n) is 37.1.